The first kappa shape index (κ1) is 20.5. The van der Waals surface area contributed by atoms with E-state index in [0.717, 1.165) is 28.2 Å². The fourth-order valence-electron chi connectivity index (χ4n) is 2.95. The van der Waals surface area contributed by atoms with E-state index in [-0.39, 0.29) is 12.5 Å². The average molecular weight is 403 g/mol. The van der Waals surface area contributed by atoms with E-state index < -0.39 is 11.6 Å². The van der Waals surface area contributed by atoms with Crippen molar-refractivity contribution < 1.29 is 13.9 Å². The molecule has 0 bridgehead atoms. The van der Waals surface area contributed by atoms with Crippen molar-refractivity contribution >= 4 is 11.8 Å². The summed E-state index contributed by atoms with van der Waals surface area (Å²) < 4.78 is 29.5. The van der Waals surface area contributed by atoms with Crippen LogP contribution in [0, 0.1) is 11.6 Å². The van der Waals surface area contributed by atoms with Crippen molar-refractivity contribution in [3.63, 3.8) is 0 Å². The van der Waals surface area contributed by atoms with Crippen molar-refractivity contribution in [2.45, 2.75) is 49.1 Å². The van der Waals surface area contributed by atoms with Crippen LogP contribution in [0.2, 0.25) is 0 Å². The molecule has 1 aromatic carbocycles. The quantitative estimate of drug-likeness (QED) is 0.587. The van der Waals surface area contributed by atoms with Gasteiger partial charge in [0.25, 0.3) is 0 Å². The number of halogens is 2. The summed E-state index contributed by atoms with van der Waals surface area (Å²) in [6, 6.07) is 7.39. The van der Waals surface area contributed by atoms with Gasteiger partial charge in [0.15, 0.2) is 0 Å². The van der Waals surface area contributed by atoms with Crippen molar-refractivity contribution in [3.8, 4) is 0 Å². The molecule has 0 unspecified atom stereocenters. The summed E-state index contributed by atoms with van der Waals surface area (Å²) in [5, 5.41) is 10.1. The van der Waals surface area contributed by atoms with Gasteiger partial charge in [0.2, 0.25) is 0 Å². The number of aromatic nitrogens is 3. The van der Waals surface area contributed by atoms with Gasteiger partial charge in [-0.25, -0.2) is 13.8 Å². The highest BCUT2D eigenvalue weighted by atomic mass is 32.2. The predicted octanol–water partition coefficient (Wildman–Crippen LogP) is 4.80. The molecule has 0 spiro atoms. The van der Waals surface area contributed by atoms with Crippen LogP contribution in [-0.2, 0) is 13.0 Å². The van der Waals surface area contributed by atoms with Gasteiger partial charge >= 0.3 is 0 Å². The molecule has 0 aliphatic rings. The van der Waals surface area contributed by atoms with Crippen LogP contribution in [0.1, 0.15) is 43.3 Å². The molecule has 0 amide bonds. The third-order valence-corrected chi connectivity index (χ3v) is 5.37. The number of rotatable bonds is 8. The fraction of sp³-hybridized carbons (Fsp3) is 0.333. The largest absolute Gasteiger partial charge is 0.396 e. The van der Waals surface area contributed by atoms with Crippen LogP contribution in [0.5, 0.6) is 0 Å². The molecule has 0 aliphatic carbocycles. The number of hydrogen-bond donors (Lipinski definition) is 1. The van der Waals surface area contributed by atoms with Gasteiger partial charge in [-0.1, -0.05) is 25.6 Å². The maximum Gasteiger partial charge on any atom is 0.127 e. The zero-order valence-electron chi connectivity index (χ0n) is 15.9. The Balaban J connectivity index is 2.06. The average Bonchev–Trinajstić information content (AvgIpc) is 2.97. The van der Waals surface area contributed by atoms with E-state index in [0.29, 0.717) is 24.3 Å². The van der Waals surface area contributed by atoms with Crippen molar-refractivity contribution in [1.29, 1.82) is 0 Å². The van der Waals surface area contributed by atoms with Gasteiger partial charge in [-0.15, -0.1) is 0 Å². The topological polar surface area (TPSA) is 50.9 Å². The maximum atomic E-state index is 13.7. The molecular formula is C21H23F2N3OS. The summed E-state index contributed by atoms with van der Waals surface area (Å²) in [7, 11) is 0. The van der Waals surface area contributed by atoms with Crippen LogP contribution in [-0.4, -0.2) is 26.2 Å². The van der Waals surface area contributed by atoms with Gasteiger partial charge in [-0.2, -0.15) is 0 Å². The van der Waals surface area contributed by atoms with Gasteiger partial charge in [0.1, 0.15) is 22.5 Å². The molecule has 0 aliphatic heterocycles. The lowest BCUT2D eigenvalue weighted by molar-refractivity contribution is 0.287. The molecule has 1 N–H and O–H groups in total. The number of pyridine rings is 1. The van der Waals surface area contributed by atoms with Crippen LogP contribution >= 0.6 is 11.8 Å². The minimum absolute atomic E-state index is 0.0801. The summed E-state index contributed by atoms with van der Waals surface area (Å²) >= 11 is 1.31. The van der Waals surface area contributed by atoms with Crippen molar-refractivity contribution in [2.75, 3.05) is 6.61 Å². The molecule has 4 nitrogen and oxygen atoms in total. The molecule has 0 radical (unpaired) electrons. The van der Waals surface area contributed by atoms with E-state index in [9.17, 15) is 13.9 Å². The molecule has 148 valence electrons. The first-order chi connectivity index (χ1) is 13.5. The first-order valence-corrected chi connectivity index (χ1v) is 10.0. The third-order valence-electron chi connectivity index (χ3n) is 4.27. The molecule has 3 rings (SSSR count). The van der Waals surface area contributed by atoms with Crippen LogP contribution in [0.15, 0.2) is 52.6 Å². The summed E-state index contributed by atoms with van der Waals surface area (Å²) in [6.45, 7) is 4.75. The molecule has 7 heteroatoms. The van der Waals surface area contributed by atoms with E-state index in [1.807, 2.05) is 26.0 Å². The Hall–Kier alpha value is -2.25. The Kier molecular flexibility index (Phi) is 6.80. The minimum Gasteiger partial charge on any atom is -0.396 e. The number of aliphatic hydroxyl groups excluding tert-OH is 1. The van der Waals surface area contributed by atoms with Crippen molar-refractivity contribution in [3.05, 3.63) is 71.4 Å². The highest BCUT2D eigenvalue weighted by Gasteiger charge is 2.21. The van der Waals surface area contributed by atoms with E-state index >= 15 is 0 Å². The molecule has 0 saturated heterocycles. The highest BCUT2D eigenvalue weighted by Crippen LogP contribution is 2.36. The Labute approximate surface area is 167 Å². The summed E-state index contributed by atoms with van der Waals surface area (Å²) in [5.74, 6) is -0.204. The van der Waals surface area contributed by atoms with Crippen LogP contribution in [0.3, 0.4) is 0 Å². The van der Waals surface area contributed by atoms with Crippen molar-refractivity contribution in [1.82, 2.24) is 14.5 Å². The number of nitrogens with zero attached hydrogens (tertiary/aromatic N) is 3. The SMILES string of the molecule is CC(C)c1nc(CCCO)n(Cc2ccncc2)c1Sc1cc(F)cc(F)c1. The third kappa shape index (κ3) is 4.97. The van der Waals surface area contributed by atoms with Gasteiger partial charge in [-0.3, -0.25) is 4.98 Å². The predicted molar refractivity (Wildman–Crippen MR) is 106 cm³/mol. The minimum atomic E-state index is -0.603. The Morgan fingerprint density at radius 2 is 1.79 bits per heavy atom. The van der Waals surface area contributed by atoms with Gasteiger partial charge in [-0.05, 0) is 42.2 Å². The monoisotopic (exact) mass is 403 g/mol. The highest BCUT2D eigenvalue weighted by molar-refractivity contribution is 7.99. The van der Waals surface area contributed by atoms with E-state index in [1.165, 1.54) is 23.9 Å². The zero-order chi connectivity index (χ0) is 20.1. The lowest BCUT2D eigenvalue weighted by Gasteiger charge is -2.13. The van der Waals surface area contributed by atoms with Crippen LogP contribution in [0.25, 0.3) is 0 Å². The number of aryl methyl sites for hydroxylation is 1. The molecule has 3 aromatic rings. The van der Waals surface area contributed by atoms with E-state index in [1.54, 1.807) is 12.4 Å². The Morgan fingerprint density at radius 1 is 1.11 bits per heavy atom. The zero-order valence-corrected chi connectivity index (χ0v) is 16.7. The number of imidazole rings is 1. The summed E-state index contributed by atoms with van der Waals surface area (Å²) in [5.41, 5.74) is 1.94. The van der Waals surface area contributed by atoms with Crippen LogP contribution < -0.4 is 0 Å². The summed E-state index contributed by atoms with van der Waals surface area (Å²) in [6.07, 6.45) is 4.69. The smallest absolute Gasteiger partial charge is 0.127 e. The lowest BCUT2D eigenvalue weighted by Crippen LogP contribution is -2.07. The second kappa shape index (κ2) is 9.30. The van der Waals surface area contributed by atoms with Crippen LogP contribution in [0.4, 0.5) is 8.78 Å². The molecule has 28 heavy (non-hydrogen) atoms. The number of benzene rings is 1. The lowest BCUT2D eigenvalue weighted by atomic mass is 10.1. The van der Waals surface area contributed by atoms with Gasteiger partial charge in [0, 0.05) is 42.9 Å². The second-order valence-electron chi connectivity index (χ2n) is 6.85. The van der Waals surface area contributed by atoms with Gasteiger partial charge < -0.3 is 9.67 Å². The normalized spacial score (nSPS) is 11.4. The van der Waals surface area contributed by atoms with Gasteiger partial charge in [0.05, 0.1) is 5.69 Å². The molecular weight excluding hydrogens is 380 g/mol. The Bertz CT molecular complexity index is 909. The molecule has 2 aromatic heterocycles. The maximum absolute atomic E-state index is 13.7. The number of hydrogen-bond acceptors (Lipinski definition) is 4. The van der Waals surface area contributed by atoms with E-state index in [4.69, 9.17) is 4.98 Å². The standard InChI is InChI=1S/C21H23F2N3OS/c1-14(2)20-21(28-18-11-16(22)10-17(23)12-18)26(19(25-20)4-3-9-27)13-15-5-7-24-8-6-15/h5-8,10-12,14,27H,3-4,9,13H2,1-2H3. The second-order valence-corrected chi connectivity index (χ2v) is 7.91. The van der Waals surface area contributed by atoms with Crippen molar-refractivity contribution in [2.24, 2.45) is 0 Å². The Morgan fingerprint density at radius 3 is 2.39 bits per heavy atom. The summed E-state index contributed by atoms with van der Waals surface area (Å²) in [4.78, 5) is 9.36. The molecule has 0 atom stereocenters. The number of aliphatic hydroxyl groups is 1. The van der Waals surface area contributed by atoms with E-state index in [2.05, 4.69) is 9.55 Å². The fourth-order valence-corrected chi connectivity index (χ4v) is 4.18. The molecule has 2 heterocycles. The first-order valence-electron chi connectivity index (χ1n) is 9.21. The molecule has 0 fully saturated rings. The molecule has 0 saturated carbocycles.